The van der Waals surface area contributed by atoms with Crippen molar-refractivity contribution in [3.05, 3.63) is 65.6 Å². The molecule has 31 heavy (non-hydrogen) atoms. The summed E-state index contributed by atoms with van der Waals surface area (Å²) >= 11 is 0. The Labute approximate surface area is 179 Å². The highest BCUT2D eigenvalue weighted by Gasteiger charge is 2.39. The first-order chi connectivity index (χ1) is 15.1. The van der Waals surface area contributed by atoms with Crippen LogP contribution < -0.4 is 10.1 Å². The van der Waals surface area contributed by atoms with Gasteiger partial charge in [-0.2, -0.15) is 0 Å². The lowest BCUT2D eigenvalue weighted by Crippen LogP contribution is -2.31. The SMILES string of the molecule is COc1ncccc1CN1C[C@@H]2Cc3nnc(C(=O)Nc4cccc(F)c4)n3C[C@@H]2C1. The molecule has 0 saturated carbocycles. The lowest BCUT2D eigenvalue weighted by molar-refractivity contribution is 0.100. The molecule has 5 rings (SSSR count). The molecule has 2 aliphatic heterocycles. The second-order valence-electron chi connectivity index (χ2n) is 8.11. The number of pyridine rings is 1. The summed E-state index contributed by atoms with van der Waals surface area (Å²) in [6, 6.07) is 9.78. The zero-order chi connectivity index (χ0) is 21.4. The second kappa shape index (κ2) is 8.07. The van der Waals surface area contributed by atoms with Crippen molar-refractivity contribution in [3.63, 3.8) is 0 Å². The lowest BCUT2D eigenvalue weighted by Gasteiger charge is -2.25. The van der Waals surface area contributed by atoms with Gasteiger partial charge in [-0.1, -0.05) is 12.1 Å². The van der Waals surface area contributed by atoms with Gasteiger partial charge in [0.1, 0.15) is 11.6 Å². The van der Waals surface area contributed by atoms with Crippen LogP contribution in [-0.2, 0) is 19.5 Å². The normalized spacial score (nSPS) is 20.2. The van der Waals surface area contributed by atoms with Crippen LogP contribution in [-0.4, -0.2) is 50.8 Å². The number of fused-ring (bicyclic) bond motifs is 2. The molecule has 9 heteroatoms. The molecular weight excluding hydrogens is 399 g/mol. The maximum atomic E-state index is 13.4. The Morgan fingerprint density at radius 2 is 2.06 bits per heavy atom. The van der Waals surface area contributed by atoms with Crippen molar-refractivity contribution in [1.29, 1.82) is 0 Å². The fourth-order valence-electron chi connectivity index (χ4n) is 4.64. The number of hydrogen-bond donors (Lipinski definition) is 1. The Kier molecular flexibility index (Phi) is 5.11. The van der Waals surface area contributed by atoms with Crippen molar-refractivity contribution in [3.8, 4) is 5.88 Å². The number of likely N-dealkylation sites (tertiary alicyclic amines) is 1. The molecule has 2 atom stereocenters. The summed E-state index contributed by atoms with van der Waals surface area (Å²) in [6.45, 7) is 3.35. The number of halogens is 1. The van der Waals surface area contributed by atoms with Gasteiger partial charge in [0.05, 0.1) is 7.11 Å². The minimum atomic E-state index is -0.403. The van der Waals surface area contributed by atoms with Crippen LogP contribution in [0, 0.1) is 17.7 Å². The van der Waals surface area contributed by atoms with Gasteiger partial charge in [-0.3, -0.25) is 9.69 Å². The third kappa shape index (κ3) is 3.88. The average Bonchev–Trinajstić information content (AvgIpc) is 3.35. The number of ether oxygens (including phenoxy) is 1. The predicted octanol–water partition coefficient (Wildman–Crippen LogP) is 2.38. The molecule has 2 aliphatic rings. The van der Waals surface area contributed by atoms with Crippen molar-refractivity contribution < 1.29 is 13.9 Å². The molecule has 1 N–H and O–H groups in total. The monoisotopic (exact) mass is 422 g/mol. The molecule has 1 aromatic carbocycles. The number of methoxy groups -OCH3 is 1. The van der Waals surface area contributed by atoms with Gasteiger partial charge in [-0.25, -0.2) is 9.37 Å². The molecule has 160 valence electrons. The van der Waals surface area contributed by atoms with E-state index in [-0.39, 0.29) is 11.7 Å². The van der Waals surface area contributed by atoms with E-state index >= 15 is 0 Å². The van der Waals surface area contributed by atoms with Crippen LogP contribution >= 0.6 is 0 Å². The smallest absolute Gasteiger partial charge is 0.293 e. The molecule has 8 nitrogen and oxygen atoms in total. The molecule has 1 saturated heterocycles. The second-order valence-corrected chi connectivity index (χ2v) is 8.11. The molecule has 3 aromatic rings. The van der Waals surface area contributed by atoms with Crippen LogP contribution in [0.15, 0.2) is 42.6 Å². The van der Waals surface area contributed by atoms with E-state index in [9.17, 15) is 9.18 Å². The van der Waals surface area contributed by atoms with Crippen molar-refractivity contribution in [2.75, 3.05) is 25.5 Å². The van der Waals surface area contributed by atoms with Gasteiger partial charge in [0.25, 0.3) is 5.91 Å². The maximum absolute atomic E-state index is 13.4. The standard InChI is InChI=1S/C22H23FN6O2/c1-31-22-14(4-3-7-24-22)10-28-11-15-8-19-26-27-20(29(19)13-16(15)12-28)21(30)25-18-6-2-5-17(23)9-18/h2-7,9,15-16H,8,10-13H2,1H3,(H,25,30)/t15-,16-/m0/s1. The minimum absolute atomic E-state index is 0.269. The summed E-state index contributed by atoms with van der Waals surface area (Å²) in [5.41, 5.74) is 1.46. The summed E-state index contributed by atoms with van der Waals surface area (Å²) < 4.78 is 20.7. The molecule has 0 unspecified atom stereocenters. The van der Waals surface area contributed by atoms with E-state index in [0.717, 1.165) is 37.4 Å². The predicted molar refractivity (Wildman–Crippen MR) is 111 cm³/mol. The highest BCUT2D eigenvalue weighted by atomic mass is 19.1. The maximum Gasteiger partial charge on any atom is 0.293 e. The number of anilines is 1. The number of benzene rings is 1. The van der Waals surface area contributed by atoms with Crippen molar-refractivity contribution in [2.45, 2.75) is 19.5 Å². The summed E-state index contributed by atoms with van der Waals surface area (Å²) in [7, 11) is 1.64. The number of aromatic nitrogens is 4. The molecule has 0 spiro atoms. The number of amides is 1. The average molecular weight is 422 g/mol. The lowest BCUT2D eigenvalue weighted by atomic mass is 9.89. The Bertz CT molecular complexity index is 1120. The third-order valence-corrected chi connectivity index (χ3v) is 6.06. The highest BCUT2D eigenvalue weighted by molar-refractivity contribution is 6.01. The van der Waals surface area contributed by atoms with E-state index in [1.807, 2.05) is 16.7 Å². The molecule has 0 bridgehead atoms. The van der Waals surface area contributed by atoms with E-state index in [0.29, 0.717) is 29.9 Å². The summed E-state index contributed by atoms with van der Waals surface area (Å²) in [5.74, 6) is 1.85. The molecule has 1 amide bonds. The van der Waals surface area contributed by atoms with E-state index in [2.05, 4.69) is 25.4 Å². The molecular formula is C22H23FN6O2. The largest absolute Gasteiger partial charge is 0.481 e. The van der Waals surface area contributed by atoms with Gasteiger partial charge in [0, 0.05) is 50.0 Å². The van der Waals surface area contributed by atoms with Crippen LogP contribution in [0.3, 0.4) is 0 Å². The van der Waals surface area contributed by atoms with Gasteiger partial charge in [-0.05, 0) is 36.1 Å². The molecule has 0 aliphatic carbocycles. The Morgan fingerprint density at radius 3 is 2.90 bits per heavy atom. The van der Waals surface area contributed by atoms with Gasteiger partial charge < -0.3 is 14.6 Å². The van der Waals surface area contributed by atoms with Crippen LogP contribution in [0.5, 0.6) is 5.88 Å². The molecule has 2 aromatic heterocycles. The van der Waals surface area contributed by atoms with Crippen LogP contribution in [0.1, 0.15) is 22.0 Å². The van der Waals surface area contributed by atoms with Crippen molar-refractivity contribution in [2.24, 2.45) is 11.8 Å². The summed E-state index contributed by atoms with van der Waals surface area (Å²) in [6.07, 6.45) is 2.51. The topological polar surface area (TPSA) is 85.2 Å². The third-order valence-electron chi connectivity index (χ3n) is 6.06. The van der Waals surface area contributed by atoms with E-state index in [1.54, 1.807) is 25.4 Å². The van der Waals surface area contributed by atoms with Gasteiger partial charge in [-0.15, -0.1) is 10.2 Å². The number of nitrogens with zero attached hydrogens (tertiary/aromatic N) is 5. The first-order valence-electron chi connectivity index (χ1n) is 10.3. The molecule has 1 fully saturated rings. The van der Waals surface area contributed by atoms with Crippen LogP contribution in [0.2, 0.25) is 0 Å². The zero-order valence-corrected chi connectivity index (χ0v) is 17.2. The Balaban J connectivity index is 1.28. The van der Waals surface area contributed by atoms with E-state index in [4.69, 9.17) is 4.74 Å². The zero-order valence-electron chi connectivity index (χ0n) is 17.2. The molecule has 0 radical (unpaired) electrons. The number of carbonyl (C=O) groups is 1. The van der Waals surface area contributed by atoms with Crippen molar-refractivity contribution >= 4 is 11.6 Å². The Hall–Kier alpha value is -3.33. The minimum Gasteiger partial charge on any atom is -0.481 e. The van der Waals surface area contributed by atoms with E-state index in [1.165, 1.54) is 12.1 Å². The van der Waals surface area contributed by atoms with Gasteiger partial charge >= 0.3 is 0 Å². The quantitative estimate of drug-likeness (QED) is 0.680. The van der Waals surface area contributed by atoms with Crippen molar-refractivity contribution in [1.82, 2.24) is 24.6 Å². The van der Waals surface area contributed by atoms with Crippen LogP contribution in [0.4, 0.5) is 10.1 Å². The number of carbonyl (C=O) groups excluding carboxylic acids is 1. The first kappa shape index (κ1) is 19.6. The van der Waals surface area contributed by atoms with E-state index < -0.39 is 5.82 Å². The van der Waals surface area contributed by atoms with Crippen LogP contribution in [0.25, 0.3) is 0 Å². The highest BCUT2D eigenvalue weighted by Crippen LogP contribution is 2.34. The molecule has 4 heterocycles. The summed E-state index contributed by atoms with van der Waals surface area (Å²) in [4.78, 5) is 19.4. The number of rotatable bonds is 5. The fourth-order valence-corrected chi connectivity index (χ4v) is 4.64. The van der Waals surface area contributed by atoms with Gasteiger partial charge in [0.2, 0.25) is 11.7 Å². The van der Waals surface area contributed by atoms with Gasteiger partial charge in [0.15, 0.2) is 0 Å². The summed E-state index contributed by atoms with van der Waals surface area (Å²) in [5, 5.41) is 11.1. The first-order valence-corrected chi connectivity index (χ1v) is 10.3. The fraction of sp³-hybridized carbons (Fsp3) is 0.364. The number of hydrogen-bond acceptors (Lipinski definition) is 6. The Morgan fingerprint density at radius 1 is 1.19 bits per heavy atom. The number of nitrogens with one attached hydrogen (secondary N) is 1.